The largest absolute Gasteiger partial charge is 0.365 e. The molecule has 2 fully saturated rings. The van der Waals surface area contributed by atoms with E-state index in [1.54, 1.807) is 6.20 Å². The van der Waals surface area contributed by atoms with Crippen molar-refractivity contribution < 1.29 is 4.79 Å². The number of nitrogens with zero attached hydrogens (tertiary/aromatic N) is 2. The zero-order chi connectivity index (χ0) is 14.1. The highest BCUT2D eigenvalue weighted by molar-refractivity contribution is 5.99. The fourth-order valence-electron chi connectivity index (χ4n) is 3.01. The van der Waals surface area contributed by atoms with Crippen molar-refractivity contribution in [2.75, 3.05) is 18.0 Å². The Balaban J connectivity index is 1.90. The number of hydrogen-bond acceptors (Lipinski definition) is 4. The van der Waals surface area contributed by atoms with Gasteiger partial charge in [0, 0.05) is 24.8 Å². The first-order valence-corrected chi connectivity index (χ1v) is 7.42. The molecule has 1 aliphatic carbocycles. The van der Waals surface area contributed by atoms with Crippen LogP contribution in [0.15, 0.2) is 12.3 Å². The molecule has 108 valence electrons. The van der Waals surface area contributed by atoms with Crippen molar-refractivity contribution in [3.8, 4) is 0 Å². The fraction of sp³-hybridized carbons (Fsp3) is 0.600. The highest BCUT2D eigenvalue weighted by atomic mass is 16.1. The Morgan fingerprint density at radius 3 is 2.90 bits per heavy atom. The number of carbonyl (C=O) groups excluding carboxylic acids is 1. The second kappa shape index (κ2) is 5.40. The number of primary amides is 1. The lowest BCUT2D eigenvalue weighted by Gasteiger charge is -2.28. The van der Waals surface area contributed by atoms with E-state index in [0.717, 1.165) is 24.5 Å². The van der Waals surface area contributed by atoms with E-state index in [4.69, 9.17) is 5.73 Å². The van der Waals surface area contributed by atoms with E-state index in [9.17, 15) is 4.79 Å². The summed E-state index contributed by atoms with van der Waals surface area (Å²) in [5.41, 5.74) is 7.05. The number of hydrogen-bond donors (Lipinski definition) is 2. The number of aromatic nitrogens is 1. The highest BCUT2D eigenvalue weighted by Crippen LogP contribution is 2.33. The molecule has 20 heavy (non-hydrogen) atoms. The maximum Gasteiger partial charge on any atom is 0.252 e. The molecule has 2 aliphatic rings. The highest BCUT2D eigenvalue weighted by Gasteiger charge is 2.34. The molecule has 3 N–H and O–H groups in total. The lowest BCUT2D eigenvalue weighted by molar-refractivity contribution is 0.1000. The van der Waals surface area contributed by atoms with Gasteiger partial charge in [0.2, 0.25) is 0 Å². The first-order chi connectivity index (χ1) is 9.66. The van der Waals surface area contributed by atoms with E-state index in [2.05, 4.69) is 15.2 Å². The van der Waals surface area contributed by atoms with Gasteiger partial charge in [0.1, 0.15) is 5.82 Å². The van der Waals surface area contributed by atoms with E-state index >= 15 is 0 Å². The number of anilines is 1. The molecule has 1 amide bonds. The van der Waals surface area contributed by atoms with Crippen molar-refractivity contribution in [1.82, 2.24) is 10.3 Å². The van der Waals surface area contributed by atoms with Crippen LogP contribution in [-0.4, -0.2) is 36.1 Å². The normalized spacial score (nSPS) is 21.9. The molecule has 1 saturated carbocycles. The standard InChI is InChI=1S/C15H22N4O/c1-10-6-8-18-15(13(10)14(16)20)19(12-4-5-12)9-11-3-2-7-17-11/h6,8,11-12,17H,2-5,7,9H2,1H3,(H2,16,20). The number of carbonyl (C=O) groups is 1. The van der Waals surface area contributed by atoms with Gasteiger partial charge in [-0.15, -0.1) is 0 Å². The fourth-order valence-corrected chi connectivity index (χ4v) is 3.01. The molecule has 1 aliphatic heterocycles. The predicted molar refractivity (Wildman–Crippen MR) is 78.9 cm³/mol. The van der Waals surface area contributed by atoms with Gasteiger partial charge in [-0.1, -0.05) is 0 Å². The van der Waals surface area contributed by atoms with Crippen molar-refractivity contribution in [2.24, 2.45) is 5.73 Å². The van der Waals surface area contributed by atoms with Crippen molar-refractivity contribution in [1.29, 1.82) is 0 Å². The van der Waals surface area contributed by atoms with Crippen LogP contribution in [-0.2, 0) is 0 Å². The summed E-state index contributed by atoms with van der Waals surface area (Å²) in [7, 11) is 0. The number of amides is 1. The van der Waals surface area contributed by atoms with Crippen molar-refractivity contribution >= 4 is 11.7 Å². The Bertz CT molecular complexity index is 507. The smallest absolute Gasteiger partial charge is 0.252 e. The van der Waals surface area contributed by atoms with Gasteiger partial charge in [-0.05, 0) is 50.8 Å². The Labute approximate surface area is 119 Å². The van der Waals surface area contributed by atoms with Gasteiger partial charge >= 0.3 is 0 Å². The van der Waals surface area contributed by atoms with Crippen LogP contribution in [0.2, 0.25) is 0 Å². The Kier molecular flexibility index (Phi) is 3.61. The SMILES string of the molecule is Cc1ccnc(N(CC2CCCN2)C2CC2)c1C(N)=O. The summed E-state index contributed by atoms with van der Waals surface area (Å²) in [6.07, 6.45) is 6.56. The second-order valence-electron chi connectivity index (χ2n) is 5.87. The van der Waals surface area contributed by atoms with E-state index < -0.39 is 0 Å². The molecule has 0 aromatic carbocycles. The zero-order valence-electron chi connectivity index (χ0n) is 11.9. The average Bonchev–Trinajstić information content (AvgIpc) is 3.12. The van der Waals surface area contributed by atoms with Crippen LogP contribution in [0.25, 0.3) is 0 Å². The molecule has 0 spiro atoms. The molecule has 0 radical (unpaired) electrons. The zero-order valence-corrected chi connectivity index (χ0v) is 11.9. The first kappa shape index (κ1) is 13.4. The molecular formula is C15H22N4O. The number of aryl methyl sites for hydroxylation is 1. The van der Waals surface area contributed by atoms with E-state index in [1.807, 2.05) is 13.0 Å². The number of nitrogens with one attached hydrogen (secondary N) is 1. The summed E-state index contributed by atoms with van der Waals surface area (Å²) in [5.74, 6) is 0.393. The Morgan fingerprint density at radius 2 is 2.30 bits per heavy atom. The van der Waals surface area contributed by atoms with E-state index in [-0.39, 0.29) is 5.91 Å². The van der Waals surface area contributed by atoms with Gasteiger partial charge in [-0.25, -0.2) is 4.98 Å². The molecule has 0 bridgehead atoms. The van der Waals surface area contributed by atoms with Gasteiger partial charge in [0.15, 0.2) is 0 Å². The summed E-state index contributed by atoms with van der Waals surface area (Å²) in [5, 5.41) is 3.52. The van der Waals surface area contributed by atoms with Crippen LogP contribution >= 0.6 is 0 Å². The predicted octanol–water partition coefficient (Wildman–Crippen LogP) is 1.21. The molecule has 1 aromatic heterocycles. The molecule has 3 rings (SSSR count). The van der Waals surface area contributed by atoms with E-state index in [1.165, 1.54) is 25.7 Å². The maximum absolute atomic E-state index is 11.8. The quantitative estimate of drug-likeness (QED) is 0.846. The van der Waals surface area contributed by atoms with Crippen molar-refractivity contribution in [2.45, 2.75) is 44.7 Å². The minimum atomic E-state index is -0.379. The average molecular weight is 274 g/mol. The minimum Gasteiger partial charge on any atom is -0.365 e. The van der Waals surface area contributed by atoms with Gasteiger partial charge in [-0.3, -0.25) is 4.79 Å². The van der Waals surface area contributed by atoms with Gasteiger partial charge < -0.3 is 16.0 Å². The number of pyridine rings is 1. The third kappa shape index (κ3) is 2.63. The van der Waals surface area contributed by atoms with Crippen LogP contribution in [0.5, 0.6) is 0 Å². The lowest BCUT2D eigenvalue weighted by atomic mass is 10.1. The van der Waals surface area contributed by atoms with Crippen LogP contribution in [0.3, 0.4) is 0 Å². The summed E-state index contributed by atoms with van der Waals surface area (Å²) >= 11 is 0. The molecule has 1 aromatic rings. The lowest BCUT2D eigenvalue weighted by Crippen LogP contribution is -2.40. The third-order valence-corrected chi connectivity index (χ3v) is 4.22. The maximum atomic E-state index is 11.8. The van der Waals surface area contributed by atoms with Crippen molar-refractivity contribution in [3.05, 3.63) is 23.4 Å². The summed E-state index contributed by atoms with van der Waals surface area (Å²) in [6.45, 7) is 3.93. The molecule has 2 heterocycles. The topological polar surface area (TPSA) is 71.2 Å². The summed E-state index contributed by atoms with van der Waals surface area (Å²) in [6, 6.07) is 2.87. The van der Waals surface area contributed by atoms with Crippen LogP contribution < -0.4 is 16.0 Å². The van der Waals surface area contributed by atoms with Gasteiger partial charge in [0.25, 0.3) is 5.91 Å². The van der Waals surface area contributed by atoms with Crippen LogP contribution in [0, 0.1) is 6.92 Å². The third-order valence-electron chi connectivity index (χ3n) is 4.22. The van der Waals surface area contributed by atoms with E-state index in [0.29, 0.717) is 17.6 Å². The second-order valence-corrected chi connectivity index (χ2v) is 5.87. The molecule has 5 nitrogen and oxygen atoms in total. The Morgan fingerprint density at radius 1 is 1.50 bits per heavy atom. The molecule has 1 saturated heterocycles. The molecule has 1 unspecified atom stereocenters. The van der Waals surface area contributed by atoms with Gasteiger partial charge in [0.05, 0.1) is 5.56 Å². The molecule has 5 heteroatoms. The minimum absolute atomic E-state index is 0.379. The van der Waals surface area contributed by atoms with Crippen molar-refractivity contribution in [3.63, 3.8) is 0 Å². The molecule has 1 atom stereocenters. The summed E-state index contributed by atoms with van der Waals surface area (Å²) < 4.78 is 0. The monoisotopic (exact) mass is 274 g/mol. The van der Waals surface area contributed by atoms with Crippen LogP contribution in [0.4, 0.5) is 5.82 Å². The first-order valence-electron chi connectivity index (χ1n) is 7.42. The van der Waals surface area contributed by atoms with Crippen LogP contribution in [0.1, 0.15) is 41.6 Å². The van der Waals surface area contributed by atoms with Gasteiger partial charge in [-0.2, -0.15) is 0 Å². The summed E-state index contributed by atoms with van der Waals surface area (Å²) in [4.78, 5) is 18.5. The number of nitrogens with two attached hydrogens (primary N) is 1. The Hall–Kier alpha value is -1.62. The number of rotatable bonds is 5. The molecular weight excluding hydrogens is 252 g/mol.